The summed E-state index contributed by atoms with van der Waals surface area (Å²) in [5.74, 6) is 0. The molecule has 0 atom stereocenters. The van der Waals surface area contributed by atoms with Crippen LogP contribution in [0.3, 0.4) is 0 Å². The van der Waals surface area contributed by atoms with Crippen LogP contribution in [0.1, 0.15) is 22.4 Å². The second kappa shape index (κ2) is 6.43. The summed E-state index contributed by atoms with van der Waals surface area (Å²) in [6.45, 7) is 5.79. The van der Waals surface area contributed by atoms with Crippen LogP contribution < -0.4 is 4.72 Å². The van der Waals surface area contributed by atoms with E-state index in [2.05, 4.69) is 9.82 Å². The highest BCUT2D eigenvalue weighted by molar-refractivity contribution is 7.89. The van der Waals surface area contributed by atoms with E-state index in [1.165, 1.54) is 0 Å². The van der Waals surface area contributed by atoms with Crippen molar-refractivity contribution in [1.29, 1.82) is 0 Å². The lowest BCUT2D eigenvalue weighted by atomic mass is 10.2. The van der Waals surface area contributed by atoms with Gasteiger partial charge in [-0.25, -0.2) is 13.1 Å². The van der Waals surface area contributed by atoms with Crippen LogP contribution in [-0.2, 0) is 34.3 Å². The number of nitrogens with zero attached hydrogens (tertiary/aromatic N) is 2. The lowest BCUT2D eigenvalue weighted by molar-refractivity contribution is 0.109. The summed E-state index contributed by atoms with van der Waals surface area (Å²) in [4.78, 5) is 0.341. The third kappa shape index (κ3) is 3.46. The van der Waals surface area contributed by atoms with Crippen molar-refractivity contribution in [2.24, 2.45) is 0 Å². The predicted octanol–water partition coefficient (Wildman–Crippen LogP) is 1.55. The maximum absolute atomic E-state index is 12.5. The van der Waals surface area contributed by atoms with Gasteiger partial charge in [0.15, 0.2) is 0 Å². The number of aromatic nitrogens is 2. The highest BCUT2D eigenvalue weighted by Gasteiger charge is 2.18. The minimum Gasteiger partial charge on any atom is -0.376 e. The molecule has 0 bridgehead atoms. The summed E-state index contributed by atoms with van der Waals surface area (Å²) in [5, 5.41) is 4.32. The molecule has 0 radical (unpaired) electrons. The van der Waals surface area contributed by atoms with Crippen LogP contribution >= 0.6 is 0 Å². The van der Waals surface area contributed by atoms with Gasteiger partial charge in [0.2, 0.25) is 10.0 Å². The van der Waals surface area contributed by atoms with Gasteiger partial charge in [-0.05, 0) is 31.0 Å². The predicted molar refractivity (Wildman–Crippen MR) is 86.7 cm³/mol. The van der Waals surface area contributed by atoms with E-state index < -0.39 is 10.0 Å². The first-order valence-corrected chi connectivity index (χ1v) is 9.14. The fraction of sp³-hybridized carbons (Fsp3) is 0.438. The molecule has 0 aliphatic carbocycles. The quantitative estimate of drug-likeness (QED) is 0.900. The Morgan fingerprint density at radius 1 is 1.35 bits per heavy atom. The summed E-state index contributed by atoms with van der Waals surface area (Å²) >= 11 is 0. The van der Waals surface area contributed by atoms with E-state index in [4.69, 9.17) is 4.74 Å². The summed E-state index contributed by atoms with van der Waals surface area (Å²) in [5.41, 5.74) is 3.91. The average Bonchev–Trinajstić information content (AvgIpc) is 2.93. The van der Waals surface area contributed by atoms with Crippen LogP contribution in [0.2, 0.25) is 0 Å². The monoisotopic (exact) mass is 335 g/mol. The number of fused-ring (bicyclic) bond motifs is 1. The van der Waals surface area contributed by atoms with Crippen LogP contribution in [0.4, 0.5) is 0 Å². The van der Waals surface area contributed by atoms with Crippen molar-refractivity contribution in [3.05, 3.63) is 46.8 Å². The van der Waals surface area contributed by atoms with Gasteiger partial charge in [-0.1, -0.05) is 12.1 Å². The van der Waals surface area contributed by atoms with Gasteiger partial charge in [0.05, 0.1) is 30.9 Å². The Hall–Kier alpha value is -1.70. The van der Waals surface area contributed by atoms with E-state index in [-0.39, 0.29) is 0 Å². The number of aryl methyl sites for hydroxylation is 2. The number of nitrogens with one attached hydrogen (secondary N) is 1. The standard InChI is InChI=1S/C16H21N3O3S/c1-12-3-4-13(2)16(9-12)23(20,21)18-6-7-19-15-5-8-22-11-14(15)10-17-19/h3-4,9-10,18H,5-8,11H2,1-2H3. The lowest BCUT2D eigenvalue weighted by Crippen LogP contribution is -2.29. The summed E-state index contributed by atoms with van der Waals surface area (Å²) in [6.07, 6.45) is 2.62. The van der Waals surface area contributed by atoms with Crippen LogP contribution in [0, 0.1) is 13.8 Å². The van der Waals surface area contributed by atoms with Crippen molar-refractivity contribution < 1.29 is 13.2 Å². The molecular weight excluding hydrogens is 314 g/mol. The largest absolute Gasteiger partial charge is 0.376 e. The first-order valence-electron chi connectivity index (χ1n) is 7.65. The number of benzene rings is 1. The van der Waals surface area contributed by atoms with Gasteiger partial charge in [-0.2, -0.15) is 5.10 Å². The van der Waals surface area contributed by atoms with Crippen LogP contribution in [0.5, 0.6) is 0 Å². The molecule has 1 aromatic carbocycles. The fourth-order valence-corrected chi connectivity index (χ4v) is 4.11. The first kappa shape index (κ1) is 16.2. The van der Waals surface area contributed by atoms with Gasteiger partial charge < -0.3 is 4.74 Å². The van der Waals surface area contributed by atoms with Crippen LogP contribution in [0.25, 0.3) is 0 Å². The van der Waals surface area contributed by atoms with Gasteiger partial charge in [0.1, 0.15) is 0 Å². The molecule has 3 rings (SSSR count). The number of ether oxygens (including phenoxy) is 1. The molecule has 0 amide bonds. The average molecular weight is 335 g/mol. The van der Waals surface area contributed by atoms with Crippen molar-refractivity contribution in [1.82, 2.24) is 14.5 Å². The maximum atomic E-state index is 12.5. The Morgan fingerprint density at radius 2 is 2.17 bits per heavy atom. The molecule has 1 aromatic heterocycles. The van der Waals surface area contributed by atoms with Gasteiger partial charge in [-0.3, -0.25) is 4.68 Å². The van der Waals surface area contributed by atoms with Crippen molar-refractivity contribution in [2.75, 3.05) is 13.2 Å². The molecule has 2 heterocycles. The summed E-state index contributed by atoms with van der Waals surface area (Å²) < 4.78 is 34.8. The second-order valence-electron chi connectivity index (χ2n) is 5.81. The Kier molecular flexibility index (Phi) is 4.52. The zero-order chi connectivity index (χ0) is 16.4. The molecule has 1 aliphatic heterocycles. The summed E-state index contributed by atoms with van der Waals surface area (Å²) in [7, 11) is -3.50. The number of hydrogen-bond acceptors (Lipinski definition) is 4. The van der Waals surface area contributed by atoms with Gasteiger partial charge in [-0.15, -0.1) is 0 Å². The van der Waals surface area contributed by atoms with Crippen molar-refractivity contribution in [3.63, 3.8) is 0 Å². The SMILES string of the molecule is Cc1ccc(C)c(S(=O)(=O)NCCn2ncc3c2CCOC3)c1. The lowest BCUT2D eigenvalue weighted by Gasteiger charge is -2.15. The Labute approximate surface area is 136 Å². The van der Waals surface area contributed by atoms with Crippen molar-refractivity contribution in [2.45, 2.75) is 38.3 Å². The minimum absolute atomic E-state index is 0.310. The van der Waals surface area contributed by atoms with Crippen LogP contribution in [0.15, 0.2) is 29.3 Å². The van der Waals surface area contributed by atoms with Gasteiger partial charge in [0, 0.05) is 24.2 Å². The summed E-state index contributed by atoms with van der Waals surface area (Å²) in [6, 6.07) is 5.44. The Bertz CT molecular complexity index is 812. The maximum Gasteiger partial charge on any atom is 0.240 e. The smallest absolute Gasteiger partial charge is 0.240 e. The molecular formula is C16H21N3O3S. The van der Waals surface area contributed by atoms with Crippen molar-refractivity contribution >= 4 is 10.0 Å². The highest BCUT2D eigenvalue weighted by Crippen LogP contribution is 2.17. The minimum atomic E-state index is -3.50. The molecule has 124 valence electrons. The van der Waals surface area contributed by atoms with Gasteiger partial charge >= 0.3 is 0 Å². The zero-order valence-corrected chi connectivity index (χ0v) is 14.2. The van der Waals surface area contributed by atoms with Crippen molar-refractivity contribution in [3.8, 4) is 0 Å². The van der Waals surface area contributed by atoms with E-state index >= 15 is 0 Å². The molecule has 0 fully saturated rings. The van der Waals surface area contributed by atoms with E-state index in [0.717, 1.165) is 28.8 Å². The molecule has 6 nitrogen and oxygen atoms in total. The molecule has 1 N–H and O–H groups in total. The van der Waals surface area contributed by atoms with E-state index in [0.29, 0.717) is 31.2 Å². The third-order valence-electron chi connectivity index (χ3n) is 4.02. The molecule has 0 spiro atoms. The first-order chi connectivity index (χ1) is 11.0. The molecule has 0 saturated heterocycles. The normalized spacial score (nSPS) is 14.7. The van der Waals surface area contributed by atoms with Crippen LogP contribution in [-0.4, -0.2) is 31.3 Å². The Morgan fingerprint density at radius 3 is 3.00 bits per heavy atom. The third-order valence-corrected chi connectivity index (χ3v) is 5.63. The molecule has 2 aromatic rings. The topological polar surface area (TPSA) is 73.2 Å². The molecule has 23 heavy (non-hydrogen) atoms. The van der Waals surface area contributed by atoms with E-state index in [9.17, 15) is 8.42 Å². The Balaban J connectivity index is 1.68. The van der Waals surface area contributed by atoms with E-state index in [1.54, 1.807) is 19.2 Å². The van der Waals surface area contributed by atoms with Gasteiger partial charge in [0.25, 0.3) is 0 Å². The molecule has 1 aliphatic rings. The second-order valence-corrected chi connectivity index (χ2v) is 7.54. The molecule has 0 unspecified atom stereocenters. The number of rotatable bonds is 5. The fourth-order valence-electron chi connectivity index (χ4n) is 2.76. The number of sulfonamides is 1. The molecule has 0 saturated carbocycles. The number of hydrogen-bond donors (Lipinski definition) is 1. The van der Waals surface area contributed by atoms with E-state index in [1.807, 2.05) is 23.7 Å². The molecule has 7 heteroatoms. The highest BCUT2D eigenvalue weighted by atomic mass is 32.2. The zero-order valence-electron chi connectivity index (χ0n) is 13.4.